The minimum Gasteiger partial charge on any atom is -0.309 e. The zero-order valence-electron chi connectivity index (χ0n) is 11.0. The van der Waals surface area contributed by atoms with Gasteiger partial charge in [-0.1, -0.05) is 0 Å². The molecule has 0 spiro atoms. The topological polar surface area (TPSA) is 12.0 Å². The number of hydrogen-bond acceptors (Lipinski definition) is 1. The van der Waals surface area contributed by atoms with E-state index in [2.05, 4.69) is 5.32 Å². The summed E-state index contributed by atoms with van der Waals surface area (Å²) in [5.41, 5.74) is 0.629. The average Bonchev–Trinajstić information content (AvgIpc) is 2.35. The molecule has 106 valence electrons. The molecule has 0 radical (unpaired) electrons. The van der Waals surface area contributed by atoms with E-state index in [1.54, 1.807) is 0 Å². The van der Waals surface area contributed by atoms with Crippen molar-refractivity contribution in [2.24, 2.45) is 0 Å². The van der Waals surface area contributed by atoms with Crippen LogP contribution in [-0.4, -0.2) is 7.05 Å². The number of hydrogen-bond donors (Lipinski definition) is 1. The van der Waals surface area contributed by atoms with Gasteiger partial charge >= 0.3 is 0 Å². The molecule has 1 unspecified atom stereocenters. The van der Waals surface area contributed by atoms with E-state index in [9.17, 15) is 17.6 Å². The van der Waals surface area contributed by atoms with Crippen LogP contribution in [0.1, 0.15) is 22.7 Å². The predicted molar refractivity (Wildman–Crippen MR) is 68.4 cm³/mol. The van der Waals surface area contributed by atoms with Crippen LogP contribution in [0, 0.1) is 30.2 Å². The molecule has 1 nitrogen and oxygen atoms in total. The first-order chi connectivity index (χ1) is 9.42. The van der Waals surface area contributed by atoms with Gasteiger partial charge in [0.1, 0.15) is 23.3 Å². The summed E-state index contributed by atoms with van der Waals surface area (Å²) in [6.45, 7) is 1.50. The number of aryl methyl sites for hydroxylation is 1. The molecular formula is C15H13F4N. The van der Waals surface area contributed by atoms with Crippen LogP contribution in [-0.2, 0) is 0 Å². The minimum absolute atomic E-state index is 0.136. The molecule has 0 aliphatic carbocycles. The monoisotopic (exact) mass is 283 g/mol. The summed E-state index contributed by atoms with van der Waals surface area (Å²) >= 11 is 0. The van der Waals surface area contributed by atoms with Crippen LogP contribution in [0.5, 0.6) is 0 Å². The fourth-order valence-electron chi connectivity index (χ4n) is 2.14. The molecule has 2 rings (SSSR count). The normalized spacial score (nSPS) is 12.5. The zero-order chi connectivity index (χ0) is 14.9. The van der Waals surface area contributed by atoms with Crippen molar-refractivity contribution in [2.75, 3.05) is 7.05 Å². The third kappa shape index (κ3) is 2.82. The van der Waals surface area contributed by atoms with Crippen LogP contribution in [0.2, 0.25) is 0 Å². The standard InChI is InChI=1S/C15H13F4N/c1-8-3-12(14(19)7-13(8)18)15(20-2)9-4-10(16)6-11(17)5-9/h3-7,15,20H,1-2H3. The van der Waals surface area contributed by atoms with E-state index in [0.29, 0.717) is 0 Å². The van der Waals surface area contributed by atoms with Crippen LogP contribution < -0.4 is 5.32 Å². The first-order valence-electron chi connectivity index (χ1n) is 6.01. The number of halogens is 4. The van der Waals surface area contributed by atoms with Gasteiger partial charge in [0.2, 0.25) is 0 Å². The summed E-state index contributed by atoms with van der Waals surface area (Å²) in [7, 11) is 1.53. The summed E-state index contributed by atoms with van der Waals surface area (Å²) < 4.78 is 53.7. The number of benzene rings is 2. The van der Waals surface area contributed by atoms with Gasteiger partial charge in [0.25, 0.3) is 0 Å². The molecule has 0 saturated carbocycles. The molecule has 0 bridgehead atoms. The van der Waals surface area contributed by atoms with Crippen molar-refractivity contribution in [1.82, 2.24) is 5.32 Å². The Morgan fingerprint density at radius 3 is 2.00 bits per heavy atom. The highest BCUT2D eigenvalue weighted by molar-refractivity contribution is 5.36. The smallest absolute Gasteiger partial charge is 0.131 e. The Hall–Kier alpha value is -1.88. The van der Waals surface area contributed by atoms with Gasteiger partial charge in [-0.25, -0.2) is 17.6 Å². The predicted octanol–water partition coefficient (Wildman–Crippen LogP) is 3.86. The minimum atomic E-state index is -0.767. The lowest BCUT2D eigenvalue weighted by Crippen LogP contribution is -2.19. The van der Waals surface area contributed by atoms with Gasteiger partial charge < -0.3 is 5.32 Å². The molecule has 0 saturated heterocycles. The molecule has 0 amide bonds. The Bertz CT molecular complexity index is 620. The van der Waals surface area contributed by atoms with Crippen LogP contribution in [0.3, 0.4) is 0 Å². The van der Waals surface area contributed by atoms with Crippen molar-refractivity contribution in [3.05, 3.63) is 70.3 Å². The molecule has 1 N–H and O–H groups in total. The van der Waals surface area contributed by atoms with Crippen LogP contribution >= 0.6 is 0 Å². The summed E-state index contributed by atoms with van der Waals surface area (Å²) in [6, 6.07) is 4.30. The van der Waals surface area contributed by atoms with E-state index in [0.717, 1.165) is 24.3 Å². The second kappa shape index (κ2) is 5.63. The van der Waals surface area contributed by atoms with Crippen molar-refractivity contribution in [3.63, 3.8) is 0 Å². The lowest BCUT2D eigenvalue weighted by Gasteiger charge is -2.19. The second-order valence-corrected chi connectivity index (χ2v) is 4.55. The molecule has 0 aliphatic rings. The highest BCUT2D eigenvalue weighted by Crippen LogP contribution is 2.27. The maximum atomic E-state index is 13.9. The van der Waals surface area contributed by atoms with Crippen LogP contribution in [0.25, 0.3) is 0 Å². The van der Waals surface area contributed by atoms with E-state index < -0.39 is 29.3 Å². The Morgan fingerprint density at radius 2 is 1.45 bits per heavy atom. The Kier molecular flexibility index (Phi) is 4.09. The summed E-state index contributed by atoms with van der Waals surface area (Å²) in [4.78, 5) is 0. The first-order valence-corrected chi connectivity index (χ1v) is 6.01. The summed E-state index contributed by atoms with van der Waals surface area (Å²) in [6.07, 6.45) is 0. The quantitative estimate of drug-likeness (QED) is 0.843. The molecule has 1 atom stereocenters. The van der Waals surface area contributed by atoms with E-state index >= 15 is 0 Å². The molecule has 0 heterocycles. The lowest BCUT2D eigenvalue weighted by atomic mass is 9.96. The highest BCUT2D eigenvalue weighted by atomic mass is 19.1. The molecule has 0 aromatic heterocycles. The van der Waals surface area contributed by atoms with Gasteiger partial charge in [0, 0.05) is 17.7 Å². The maximum absolute atomic E-state index is 13.9. The third-order valence-electron chi connectivity index (χ3n) is 3.10. The van der Waals surface area contributed by atoms with Crippen molar-refractivity contribution in [3.8, 4) is 0 Å². The molecule has 2 aromatic rings. The van der Waals surface area contributed by atoms with E-state index in [-0.39, 0.29) is 16.7 Å². The Labute approximate surface area is 114 Å². The van der Waals surface area contributed by atoms with E-state index in [4.69, 9.17) is 0 Å². The van der Waals surface area contributed by atoms with E-state index in [1.165, 1.54) is 20.0 Å². The molecule has 0 fully saturated rings. The van der Waals surface area contributed by atoms with Crippen molar-refractivity contribution >= 4 is 0 Å². The van der Waals surface area contributed by atoms with Gasteiger partial charge in [-0.2, -0.15) is 0 Å². The van der Waals surface area contributed by atoms with Crippen molar-refractivity contribution < 1.29 is 17.6 Å². The fourth-order valence-corrected chi connectivity index (χ4v) is 2.14. The van der Waals surface area contributed by atoms with E-state index in [1.807, 2.05) is 0 Å². The Balaban J connectivity index is 2.55. The molecule has 2 aromatic carbocycles. The van der Waals surface area contributed by atoms with Gasteiger partial charge in [0.05, 0.1) is 6.04 Å². The molecular weight excluding hydrogens is 270 g/mol. The second-order valence-electron chi connectivity index (χ2n) is 4.55. The van der Waals surface area contributed by atoms with Gasteiger partial charge in [0.15, 0.2) is 0 Å². The molecule has 20 heavy (non-hydrogen) atoms. The molecule has 5 heteroatoms. The lowest BCUT2D eigenvalue weighted by molar-refractivity contribution is 0.540. The largest absolute Gasteiger partial charge is 0.309 e. The maximum Gasteiger partial charge on any atom is 0.131 e. The van der Waals surface area contributed by atoms with Gasteiger partial charge in [-0.05, 0) is 43.3 Å². The third-order valence-corrected chi connectivity index (χ3v) is 3.10. The SMILES string of the molecule is CNC(c1cc(F)cc(F)c1)c1cc(C)c(F)cc1F. The average molecular weight is 283 g/mol. The molecule has 0 aliphatic heterocycles. The fraction of sp³-hybridized carbons (Fsp3) is 0.200. The van der Waals surface area contributed by atoms with Crippen molar-refractivity contribution in [2.45, 2.75) is 13.0 Å². The number of rotatable bonds is 3. The van der Waals surface area contributed by atoms with Gasteiger partial charge in [-0.3, -0.25) is 0 Å². The van der Waals surface area contributed by atoms with Crippen molar-refractivity contribution in [1.29, 1.82) is 0 Å². The van der Waals surface area contributed by atoms with Gasteiger partial charge in [-0.15, -0.1) is 0 Å². The van der Waals surface area contributed by atoms with Crippen LogP contribution in [0.4, 0.5) is 17.6 Å². The first kappa shape index (κ1) is 14.5. The summed E-state index contributed by atoms with van der Waals surface area (Å²) in [5, 5.41) is 2.78. The Morgan fingerprint density at radius 1 is 0.850 bits per heavy atom. The number of nitrogens with one attached hydrogen (secondary N) is 1. The zero-order valence-corrected chi connectivity index (χ0v) is 11.0. The highest BCUT2D eigenvalue weighted by Gasteiger charge is 2.19. The van der Waals surface area contributed by atoms with Crippen LogP contribution in [0.15, 0.2) is 30.3 Å². The summed E-state index contributed by atoms with van der Waals surface area (Å²) in [5.74, 6) is -2.93.